The Morgan fingerprint density at radius 1 is 1.07 bits per heavy atom. The molecule has 0 unspecified atom stereocenters. The average Bonchev–Trinajstić information content (AvgIpc) is 3.46. The first kappa shape index (κ1) is 31.3. The number of rotatable bonds is 12. The molecule has 0 radical (unpaired) electrons. The number of alkyl halides is 2. The van der Waals surface area contributed by atoms with Crippen molar-refractivity contribution in [3.63, 3.8) is 0 Å². The molecule has 0 aliphatic carbocycles. The molecule has 0 atom stereocenters. The van der Waals surface area contributed by atoms with E-state index in [1.807, 2.05) is 37.1 Å². The minimum absolute atomic E-state index is 0. The number of likely N-dealkylation sites (N-methyl/N-ethyl adjacent to an activating group) is 2. The van der Waals surface area contributed by atoms with Crippen molar-refractivity contribution in [3.05, 3.63) is 58.8 Å². The molecule has 0 bridgehead atoms. The molecular weight excluding hydrogens is 540 g/mol. The Morgan fingerprint density at radius 3 is 2.38 bits per heavy atom. The van der Waals surface area contributed by atoms with Gasteiger partial charge in [-0.15, -0.1) is 12.4 Å². The van der Waals surface area contributed by atoms with Crippen LogP contribution in [0.15, 0.2) is 36.4 Å². The number of halogens is 3. The lowest BCUT2D eigenvalue weighted by molar-refractivity contribution is -0.145. The van der Waals surface area contributed by atoms with E-state index in [4.69, 9.17) is 0 Å². The Hall–Kier alpha value is -3.28. The molecule has 0 saturated heterocycles. The smallest absolute Gasteiger partial charge is 0.257 e. The van der Waals surface area contributed by atoms with Crippen LogP contribution in [0.1, 0.15) is 29.3 Å². The summed E-state index contributed by atoms with van der Waals surface area (Å²) in [6.07, 6.45) is -2.52. The van der Waals surface area contributed by atoms with Crippen LogP contribution >= 0.6 is 12.4 Å². The fraction of sp³-hybridized carbons (Fsp3) is 0.464. The average molecular weight is 578 g/mol. The summed E-state index contributed by atoms with van der Waals surface area (Å²) in [6, 6.07) is 11.8. The molecular formula is C28H38ClF2N7O2. The molecule has 0 saturated carbocycles. The van der Waals surface area contributed by atoms with Crippen LogP contribution in [0.5, 0.6) is 0 Å². The Bertz CT molecular complexity index is 1310. The van der Waals surface area contributed by atoms with Crippen molar-refractivity contribution < 1.29 is 18.4 Å². The Labute approximate surface area is 239 Å². The van der Waals surface area contributed by atoms with Crippen molar-refractivity contribution in [2.24, 2.45) is 0 Å². The van der Waals surface area contributed by atoms with Crippen molar-refractivity contribution in [1.82, 2.24) is 30.4 Å². The number of carbonyl (C=O) groups is 2. The molecule has 0 spiro atoms. The van der Waals surface area contributed by atoms with Gasteiger partial charge in [-0.1, -0.05) is 31.2 Å². The second kappa shape index (κ2) is 13.9. The van der Waals surface area contributed by atoms with Crippen molar-refractivity contribution in [2.75, 3.05) is 44.7 Å². The third-order valence-corrected chi connectivity index (χ3v) is 7.12. The molecule has 1 aliphatic rings. The largest absolute Gasteiger partial charge is 0.353 e. The van der Waals surface area contributed by atoms with Crippen LogP contribution in [-0.2, 0) is 29.2 Å². The van der Waals surface area contributed by atoms with Crippen LogP contribution in [0.4, 0.5) is 14.5 Å². The predicted octanol–water partition coefficient (Wildman–Crippen LogP) is 3.26. The minimum Gasteiger partial charge on any atom is -0.353 e. The lowest BCUT2D eigenvalue weighted by atomic mass is 10.1. The SMILES string of the molecule is CCNCCNC(=O)CN(CC(=O)N(C)N1Cc2ccccc2C1)c1cc2nn(CC(F)F)c(C)c2cc1C.Cl. The first-order valence-corrected chi connectivity index (χ1v) is 13.2. The number of hydrogen-bond donors (Lipinski definition) is 2. The van der Waals surface area contributed by atoms with E-state index in [0.29, 0.717) is 43.1 Å². The number of hydrogen-bond acceptors (Lipinski definition) is 6. The first-order chi connectivity index (χ1) is 18.7. The zero-order chi connectivity index (χ0) is 28.1. The number of amides is 2. The molecule has 0 fully saturated rings. The number of fused-ring (bicyclic) bond motifs is 2. The zero-order valence-corrected chi connectivity index (χ0v) is 24.2. The summed E-state index contributed by atoms with van der Waals surface area (Å²) in [5.41, 5.74) is 5.05. The van der Waals surface area contributed by atoms with Crippen molar-refractivity contribution in [1.29, 1.82) is 0 Å². The highest BCUT2D eigenvalue weighted by atomic mass is 35.5. The highest BCUT2D eigenvalue weighted by Gasteiger charge is 2.27. The quantitative estimate of drug-likeness (QED) is 0.322. The van der Waals surface area contributed by atoms with Crippen LogP contribution in [0.25, 0.3) is 10.9 Å². The molecule has 1 aromatic heterocycles. The maximum absolute atomic E-state index is 13.5. The van der Waals surface area contributed by atoms with Crippen LogP contribution in [0.2, 0.25) is 0 Å². The molecule has 1 aliphatic heterocycles. The van der Waals surface area contributed by atoms with E-state index in [1.54, 1.807) is 29.9 Å². The van der Waals surface area contributed by atoms with Gasteiger partial charge in [-0.3, -0.25) is 19.3 Å². The summed E-state index contributed by atoms with van der Waals surface area (Å²) in [5, 5.41) is 14.8. The molecule has 12 heteroatoms. The molecule has 2 aromatic carbocycles. The topological polar surface area (TPSA) is 85.7 Å². The number of hydrazine groups is 1. The first-order valence-electron chi connectivity index (χ1n) is 13.2. The number of aryl methyl sites for hydroxylation is 2. The standard InChI is InChI=1S/C28H37F2N7O2.ClH/c1-5-31-10-11-32-27(38)17-35(18-28(39)34(4)36-14-21-8-6-7-9-22(21)15-36)25-13-24-23(12-19(25)2)20(3)37(33-24)16-26(29)30;/h6-9,12-13,26,31H,5,10-11,14-18H2,1-4H3,(H,32,38);1H. The van der Waals surface area contributed by atoms with E-state index in [2.05, 4.69) is 27.9 Å². The number of anilines is 1. The van der Waals surface area contributed by atoms with Crippen molar-refractivity contribution in [2.45, 2.75) is 46.8 Å². The van der Waals surface area contributed by atoms with Gasteiger partial charge < -0.3 is 15.5 Å². The second-order valence-electron chi connectivity index (χ2n) is 9.88. The van der Waals surface area contributed by atoms with Gasteiger partial charge in [0, 0.05) is 50.0 Å². The van der Waals surface area contributed by atoms with Crippen LogP contribution in [0, 0.1) is 13.8 Å². The Kier molecular flexibility index (Phi) is 10.8. The zero-order valence-electron chi connectivity index (χ0n) is 23.4. The van der Waals surface area contributed by atoms with Gasteiger partial charge in [0.15, 0.2) is 0 Å². The van der Waals surface area contributed by atoms with E-state index in [9.17, 15) is 18.4 Å². The number of carbonyl (C=O) groups excluding carboxylic acids is 2. The van der Waals surface area contributed by atoms with Crippen molar-refractivity contribution in [3.8, 4) is 0 Å². The molecule has 2 amide bonds. The molecule has 4 rings (SSSR count). The molecule has 2 N–H and O–H groups in total. The number of benzene rings is 2. The highest BCUT2D eigenvalue weighted by Crippen LogP contribution is 2.29. The third kappa shape index (κ3) is 7.26. The predicted molar refractivity (Wildman–Crippen MR) is 155 cm³/mol. The third-order valence-electron chi connectivity index (χ3n) is 7.12. The summed E-state index contributed by atoms with van der Waals surface area (Å²) in [4.78, 5) is 28.1. The number of nitrogens with zero attached hydrogens (tertiary/aromatic N) is 5. The lowest BCUT2D eigenvalue weighted by Crippen LogP contribution is -2.48. The van der Waals surface area contributed by atoms with Crippen molar-refractivity contribution >= 4 is 40.8 Å². The lowest BCUT2D eigenvalue weighted by Gasteiger charge is -2.32. The van der Waals surface area contributed by atoms with Gasteiger partial charge in [-0.05, 0) is 49.2 Å². The van der Waals surface area contributed by atoms with E-state index in [0.717, 1.165) is 17.5 Å². The van der Waals surface area contributed by atoms with E-state index >= 15 is 0 Å². The fourth-order valence-corrected chi connectivity index (χ4v) is 4.92. The van der Waals surface area contributed by atoms with Crippen LogP contribution in [0.3, 0.4) is 0 Å². The molecule has 3 aromatic rings. The van der Waals surface area contributed by atoms with Gasteiger partial charge in [0.2, 0.25) is 5.91 Å². The number of nitrogens with one attached hydrogen (secondary N) is 2. The molecule has 2 heterocycles. The van der Waals surface area contributed by atoms with E-state index in [1.165, 1.54) is 15.8 Å². The summed E-state index contributed by atoms with van der Waals surface area (Å²) >= 11 is 0. The van der Waals surface area contributed by atoms with Crippen LogP contribution in [-0.4, -0.2) is 77.8 Å². The Balaban J connectivity index is 0.00000441. The molecule has 218 valence electrons. The molecule has 9 nitrogen and oxygen atoms in total. The van der Waals surface area contributed by atoms with Gasteiger partial charge in [-0.2, -0.15) is 5.10 Å². The van der Waals surface area contributed by atoms with Crippen LogP contribution < -0.4 is 15.5 Å². The monoisotopic (exact) mass is 577 g/mol. The minimum atomic E-state index is -2.52. The van der Waals surface area contributed by atoms with Gasteiger partial charge in [0.25, 0.3) is 12.3 Å². The highest BCUT2D eigenvalue weighted by molar-refractivity contribution is 5.91. The normalized spacial score (nSPS) is 12.9. The maximum Gasteiger partial charge on any atom is 0.257 e. The fourth-order valence-electron chi connectivity index (χ4n) is 4.92. The summed E-state index contributed by atoms with van der Waals surface area (Å²) in [7, 11) is 1.74. The summed E-state index contributed by atoms with van der Waals surface area (Å²) in [5.74, 6) is -0.377. The second-order valence-corrected chi connectivity index (χ2v) is 9.88. The summed E-state index contributed by atoms with van der Waals surface area (Å²) < 4.78 is 27.5. The van der Waals surface area contributed by atoms with Gasteiger partial charge in [0.05, 0.1) is 18.6 Å². The molecule has 40 heavy (non-hydrogen) atoms. The van der Waals surface area contributed by atoms with E-state index in [-0.39, 0.29) is 37.3 Å². The van der Waals surface area contributed by atoms with E-state index < -0.39 is 13.0 Å². The van der Waals surface area contributed by atoms with Gasteiger partial charge >= 0.3 is 0 Å². The summed E-state index contributed by atoms with van der Waals surface area (Å²) in [6.45, 7) is 8.27. The van der Waals surface area contributed by atoms with Gasteiger partial charge in [0.1, 0.15) is 6.54 Å². The van der Waals surface area contributed by atoms with Gasteiger partial charge in [-0.25, -0.2) is 13.8 Å². The Morgan fingerprint density at radius 2 is 1.75 bits per heavy atom. The maximum atomic E-state index is 13.5. The number of aromatic nitrogens is 2.